The van der Waals surface area contributed by atoms with E-state index in [1.807, 2.05) is 42.7 Å². The summed E-state index contributed by atoms with van der Waals surface area (Å²) in [5, 5.41) is 0. The Morgan fingerprint density at radius 2 is 1.41 bits per heavy atom. The second-order valence-corrected chi connectivity index (χ2v) is 5.27. The smallest absolute Gasteiger partial charge is 0.123 e. The SMILES string of the molecule is COc1cc(C#Cc2cc(OC)ccc2SC)cc(OC)c1. The Kier molecular flexibility index (Phi) is 5.62. The average molecular weight is 314 g/mol. The van der Waals surface area contributed by atoms with Crippen LogP contribution in [0.5, 0.6) is 17.2 Å². The Balaban J connectivity index is 2.41. The maximum Gasteiger partial charge on any atom is 0.123 e. The van der Waals surface area contributed by atoms with Crippen molar-refractivity contribution in [2.24, 2.45) is 0 Å². The second kappa shape index (κ2) is 7.67. The van der Waals surface area contributed by atoms with Crippen molar-refractivity contribution in [3.8, 4) is 29.1 Å². The predicted octanol–water partition coefficient (Wildman–Crippen LogP) is 3.83. The van der Waals surface area contributed by atoms with Crippen molar-refractivity contribution < 1.29 is 14.2 Å². The summed E-state index contributed by atoms with van der Waals surface area (Å²) in [6.45, 7) is 0. The molecule has 0 aromatic heterocycles. The number of hydrogen-bond acceptors (Lipinski definition) is 4. The second-order valence-electron chi connectivity index (χ2n) is 4.42. The van der Waals surface area contributed by atoms with Crippen LogP contribution in [0.4, 0.5) is 0 Å². The van der Waals surface area contributed by atoms with Crippen LogP contribution in [0.3, 0.4) is 0 Å². The highest BCUT2D eigenvalue weighted by Crippen LogP contribution is 2.25. The molecular formula is C18H18O3S. The van der Waals surface area contributed by atoms with E-state index in [2.05, 4.69) is 11.8 Å². The van der Waals surface area contributed by atoms with Gasteiger partial charge >= 0.3 is 0 Å². The number of methoxy groups -OCH3 is 3. The van der Waals surface area contributed by atoms with Gasteiger partial charge in [-0.25, -0.2) is 0 Å². The van der Waals surface area contributed by atoms with Gasteiger partial charge in [0.1, 0.15) is 17.2 Å². The molecule has 114 valence electrons. The van der Waals surface area contributed by atoms with E-state index < -0.39 is 0 Å². The maximum absolute atomic E-state index is 5.26. The van der Waals surface area contributed by atoms with Crippen molar-refractivity contribution in [2.45, 2.75) is 4.90 Å². The molecule has 22 heavy (non-hydrogen) atoms. The van der Waals surface area contributed by atoms with Gasteiger partial charge in [-0.2, -0.15) is 0 Å². The quantitative estimate of drug-likeness (QED) is 0.633. The lowest BCUT2D eigenvalue weighted by Gasteiger charge is -2.05. The summed E-state index contributed by atoms with van der Waals surface area (Å²) in [6, 6.07) is 11.5. The first kappa shape index (κ1) is 16.1. The average Bonchev–Trinajstić information content (AvgIpc) is 2.59. The fraction of sp³-hybridized carbons (Fsp3) is 0.222. The Bertz CT molecular complexity index is 692. The molecule has 4 heteroatoms. The fourth-order valence-electron chi connectivity index (χ4n) is 1.93. The number of ether oxygens (including phenoxy) is 3. The molecule has 0 N–H and O–H groups in total. The fourth-order valence-corrected chi connectivity index (χ4v) is 2.46. The molecule has 0 aliphatic heterocycles. The van der Waals surface area contributed by atoms with Gasteiger partial charge in [-0.1, -0.05) is 11.8 Å². The summed E-state index contributed by atoms with van der Waals surface area (Å²) in [6.07, 6.45) is 2.03. The van der Waals surface area contributed by atoms with E-state index in [0.29, 0.717) is 0 Å². The first-order chi connectivity index (χ1) is 10.7. The number of benzene rings is 2. The van der Waals surface area contributed by atoms with Crippen LogP contribution in [-0.4, -0.2) is 27.6 Å². The van der Waals surface area contributed by atoms with E-state index in [-0.39, 0.29) is 0 Å². The highest BCUT2D eigenvalue weighted by atomic mass is 32.2. The molecule has 0 radical (unpaired) electrons. The maximum atomic E-state index is 5.26. The lowest BCUT2D eigenvalue weighted by Crippen LogP contribution is -1.89. The molecule has 2 aromatic rings. The molecule has 2 aromatic carbocycles. The van der Waals surface area contributed by atoms with E-state index in [0.717, 1.165) is 33.3 Å². The summed E-state index contributed by atoms with van der Waals surface area (Å²) >= 11 is 1.66. The first-order valence-corrected chi connectivity index (χ1v) is 7.89. The van der Waals surface area contributed by atoms with Gasteiger partial charge in [0.15, 0.2) is 0 Å². The lowest BCUT2D eigenvalue weighted by molar-refractivity contribution is 0.394. The van der Waals surface area contributed by atoms with Crippen LogP contribution < -0.4 is 14.2 Å². The minimum atomic E-state index is 0.722. The van der Waals surface area contributed by atoms with Crippen LogP contribution in [0.2, 0.25) is 0 Å². The van der Waals surface area contributed by atoms with Crippen molar-refractivity contribution in [1.29, 1.82) is 0 Å². The van der Waals surface area contributed by atoms with E-state index in [1.54, 1.807) is 33.1 Å². The summed E-state index contributed by atoms with van der Waals surface area (Å²) in [7, 11) is 4.90. The molecule has 0 heterocycles. The molecule has 0 aliphatic rings. The van der Waals surface area contributed by atoms with E-state index in [9.17, 15) is 0 Å². The van der Waals surface area contributed by atoms with Gasteiger partial charge in [-0.15, -0.1) is 11.8 Å². The van der Waals surface area contributed by atoms with Gasteiger partial charge in [-0.05, 0) is 36.6 Å². The topological polar surface area (TPSA) is 27.7 Å². The molecule has 0 amide bonds. The molecule has 0 aliphatic carbocycles. The van der Waals surface area contributed by atoms with Crippen LogP contribution in [0.1, 0.15) is 11.1 Å². The molecule has 3 nitrogen and oxygen atoms in total. The molecule has 0 atom stereocenters. The normalized spacial score (nSPS) is 9.64. The van der Waals surface area contributed by atoms with Crippen molar-refractivity contribution in [1.82, 2.24) is 0 Å². The largest absolute Gasteiger partial charge is 0.497 e. The highest BCUT2D eigenvalue weighted by Gasteiger charge is 2.02. The number of thioether (sulfide) groups is 1. The molecule has 0 saturated carbocycles. The third-order valence-corrected chi connectivity index (χ3v) is 3.90. The van der Waals surface area contributed by atoms with Crippen LogP contribution in [0, 0.1) is 11.8 Å². The van der Waals surface area contributed by atoms with E-state index in [4.69, 9.17) is 14.2 Å². The van der Waals surface area contributed by atoms with Gasteiger partial charge in [0, 0.05) is 22.1 Å². The van der Waals surface area contributed by atoms with Crippen molar-refractivity contribution >= 4 is 11.8 Å². The summed E-state index contributed by atoms with van der Waals surface area (Å²) in [4.78, 5) is 1.11. The van der Waals surface area contributed by atoms with E-state index >= 15 is 0 Å². The molecule has 0 fully saturated rings. The molecule has 0 spiro atoms. The monoisotopic (exact) mass is 314 g/mol. The van der Waals surface area contributed by atoms with Crippen molar-refractivity contribution in [3.05, 3.63) is 47.5 Å². The summed E-state index contributed by atoms with van der Waals surface area (Å²) in [5.41, 5.74) is 1.78. The van der Waals surface area contributed by atoms with Crippen LogP contribution in [0.25, 0.3) is 0 Å². The van der Waals surface area contributed by atoms with Gasteiger partial charge in [-0.3, -0.25) is 0 Å². The zero-order chi connectivity index (χ0) is 15.9. The third kappa shape index (κ3) is 3.90. The van der Waals surface area contributed by atoms with Gasteiger partial charge in [0.2, 0.25) is 0 Å². The standard InChI is InChI=1S/C18H18O3S/c1-19-15-7-8-18(22-4)14(11-15)6-5-13-9-16(20-2)12-17(10-13)21-3/h7-12H,1-4H3. The Labute approximate surface area is 135 Å². The van der Waals surface area contributed by atoms with Crippen LogP contribution in [-0.2, 0) is 0 Å². The first-order valence-electron chi connectivity index (χ1n) is 6.67. The Morgan fingerprint density at radius 1 is 0.773 bits per heavy atom. The molecule has 0 bridgehead atoms. The van der Waals surface area contributed by atoms with Crippen LogP contribution >= 0.6 is 11.8 Å². The predicted molar refractivity (Wildman–Crippen MR) is 90.3 cm³/mol. The van der Waals surface area contributed by atoms with Crippen LogP contribution in [0.15, 0.2) is 41.3 Å². The zero-order valence-electron chi connectivity index (χ0n) is 13.1. The Morgan fingerprint density at radius 3 is 1.95 bits per heavy atom. The minimum Gasteiger partial charge on any atom is -0.497 e. The molecule has 2 rings (SSSR count). The highest BCUT2D eigenvalue weighted by molar-refractivity contribution is 7.98. The Hall–Kier alpha value is -2.25. The molecule has 0 saturated heterocycles. The zero-order valence-corrected chi connectivity index (χ0v) is 13.9. The minimum absolute atomic E-state index is 0.722. The molecular weight excluding hydrogens is 296 g/mol. The van der Waals surface area contributed by atoms with Gasteiger partial charge < -0.3 is 14.2 Å². The molecule has 0 unspecified atom stereocenters. The van der Waals surface area contributed by atoms with E-state index in [1.165, 1.54) is 0 Å². The van der Waals surface area contributed by atoms with Gasteiger partial charge in [0.05, 0.1) is 21.3 Å². The summed E-state index contributed by atoms with van der Waals surface area (Å²) in [5.74, 6) is 8.59. The van der Waals surface area contributed by atoms with Gasteiger partial charge in [0.25, 0.3) is 0 Å². The van der Waals surface area contributed by atoms with Crippen molar-refractivity contribution in [3.63, 3.8) is 0 Å². The number of hydrogen-bond donors (Lipinski definition) is 0. The van der Waals surface area contributed by atoms with Crippen molar-refractivity contribution in [2.75, 3.05) is 27.6 Å². The summed E-state index contributed by atoms with van der Waals surface area (Å²) < 4.78 is 15.8. The third-order valence-electron chi connectivity index (χ3n) is 3.10. The lowest BCUT2D eigenvalue weighted by atomic mass is 10.1. The number of rotatable bonds is 4.